The summed E-state index contributed by atoms with van der Waals surface area (Å²) in [6.45, 7) is -0.544. The molecular weight excluding hydrogens is 347 g/mol. The van der Waals surface area contributed by atoms with E-state index in [4.69, 9.17) is 0 Å². The van der Waals surface area contributed by atoms with Gasteiger partial charge in [0.2, 0.25) is 11.8 Å². The van der Waals surface area contributed by atoms with Crippen LogP contribution in [0.25, 0.3) is 0 Å². The van der Waals surface area contributed by atoms with Crippen LogP contribution >= 0.6 is 0 Å². The number of rotatable bonds is 4. The number of carbonyl (C=O) groups excluding carboxylic acids is 2. The molecule has 2 fully saturated rings. The minimum atomic E-state index is -2.91. The smallest absolute Gasteiger partial charge is 0.262 e. The molecule has 2 aliphatic rings. The molecule has 0 radical (unpaired) electrons. The molecule has 0 spiro atoms. The number of anilines is 2. The van der Waals surface area contributed by atoms with E-state index in [2.05, 4.69) is 16.0 Å². The zero-order valence-electron chi connectivity index (χ0n) is 14.3. The predicted octanol–water partition coefficient (Wildman–Crippen LogP) is 3.28. The van der Waals surface area contributed by atoms with Crippen LogP contribution in [0.4, 0.5) is 24.5 Å². The monoisotopic (exact) mass is 369 g/mol. The van der Waals surface area contributed by atoms with Crippen molar-refractivity contribution in [1.29, 1.82) is 0 Å². The molecule has 1 aromatic rings. The molecule has 1 aromatic carbocycles. The minimum absolute atomic E-state index is 0.0249. The Bertz CT molecular complexity index is 690. The Hall–Kier alpha value is -2.09. The third kappa shape index (κ3) is 4.55. The molecule has 3 N–H and O–H groups in total. The first kappa shape index (κ1) is 18.7. The van der Waals surface area contributed by atoms with Crippen molar-refractivity contribution in [3.63, 3.8) is 0 Å². The van der Waals surface area contributed by atoms with Crippen molar-refractivity contribution in [3.8, 4) is 0 Å². The number of halogens is 3. The summed E-state index contributed by atoms with van der Waals surface area (Å²) in [5.41, 5.74) is 0.218. The molecule has 1 saturated carbocycles. The first-order valence-corrected chi connectivity index (χ1v) is 8.86. The van der Waals surface area contributed by atoms with Crippen molar-refractivity contribution in [2.45, 2.75) is 50.5 Å². The Morgan fingerprint density at radius 3 is 2.46 bits per heavy atom. The van der Waals surface area contributed by atoms with Crippen molar-refractivity contribution in [2.24, 2.45) is 5.92 Å². The summed E-state index contributed by atoms with van der Waals surface area (Å²) in [6, 6.07) is 2.76. The Balaban J connectivity index is 1.63. The molecule has 0 aromatic heterocycles. The number of hydrogen-bond donors (Lipinski definition) is 3. The molecule has 5 nitrogen and oxygen atoms in total. The van der Waals surface area contributed by atoms with Gasteiger partial charge in [-0.05, 0) is 31.0 Å². The van der Waals surface area contributed by atoms with Crippen LogP contribution in [0.15, 0.2) is 18.2 Å². The molecule has 1 aliphatic heterocycles. The van der Waals surface area contributed by atoms with Crippen molar-refractivity contribution in [1.82, 2.24) is 5.32 Å². The van der Waals surface area contributed by atoms with Crippen LogP contribution in [0.2, 0.25) is 0 Å². The number of carbonyl (C=O) groups is 2. The lowest BCUT2D eigenvalue weighted by atomic mass is 9.88. The maximum absolute atomic E-state index is 14.0. The highest BCUT2D eigenvalue weighted by Crippen LogP contribution is 2.28. The maximum Gasteiger partial charge on any atom is 0.262 e. The summed E-state index contributed by atoms with van der Waals surface area (Å²) >= 11 is 0. The summed E-state index contributed by atoms with van der Waals surface area (Å²) in [4.78, 5) is 24.4. The second-order valence-electron chi connectivity index (χ2n) is 7.00. The zero-order chi connectivity index (χ0) is 18.7. The second kappa shape index (κ2) is 7.65. The Kier molecular flexibility index (Phi) is 5.50. The highest BCUT2D eigenvalue weighted by atomic mass is 19.3. The third-order valence-corrected chi connectivity index (χ3v) is 4.89. The van der Waals surface area contributed by atoms with Gasteiger partial charge in [-0.1, -0.05) is 19.3 Å². The topological polar surface area (TPSA) is 70.2 Å². The van der Waals surface area contributed by atoms with E-state index in [0.717, 1.165) is 38.2 Å². The van der Waals surface area contributed by atoms with E-state index in [9.17, 15) is 22.8 Å². The first-order valence-electron chi connectivity index (χ1n) is 8.86. The quantitative estimate of drug-likeness (QED) is 0.763. The van der Waals surface area contributed by atoms with E-state index >= 15 is 0 Å². The molecule has 1 heterocycles. The lowest BCUT2D eigenvalue weighted by Gasteiger charge is -2.21. The van der Waals surface area contributed by atoms with Crippen LogP contribution in [0.3, 0.4) is 0 Å². The summed E-state index contributed by atoms with van der Waals surface area (Å²) in [5, 5.41) is 7.53. The van der Waals surface area contributed by atoms with Gasteiger partial charge in [0.05, 0.1) is 18.3 Å². The van der Waals surface area contributed by atoms with E-state index in [1.165, 1.54) is 12.1 Å². The lowest BCUT2D eigenvalue weighted by Crippen LogP contribution is -2.35. The molecular formula is C18H22F3N3O2. The molecule has 8 heteroatoms. The number of benzene rings is 1. The van der Waals surface area contributed by atoms with Crippen molar-refractivity contribution < 1.29 is 22.8 Å². The number of nitrogens with one attached hydrogen (secondary N) is 3. The summed E-state index contributed by atoms with van der Waals surface area (Å²) < 4.78 is 40.4. The Labute approximate surface area is 149 Å². The SMILES string of the molecule is O=C(Nc1cc(NC(=O)C2CC(F)(F)CN2)ccc1F)C1CCCCC1. The molecule has 0 bridgehead atoms. The number of alkyl halides is 2. The number of amides is 2. The van der Waals surface area contributed by atoms with E-state index in [-0.39, 0.29) is 23.2 Å². The van der Waals surface area contributed by atoms with Gasteiger partial charge in [0.1, 0.15) is 5.82 Å². The van der Waals surface area contributed by atoms with Gasteiger partial charge in [0, 0.05) is 18.0 Å². The molecule has 142 valence electrons. The normalized spacial score (nSPS) is 22.8. The van der Waals surface area contributed by atoms with Gasteiger partial charge in [-0.3, -0.25) is 14.9 Å². The van der Waals surface area contributed by atoms with Gasteiger partial charge in [0.15, 0.2) is 0 Å². The van der Waals surface area contributed by atoms with Crippen LogP contribution < -0.4 is 16.0 Å². The van der Waals surface area contributed by atoms with Gasteiger partial charge >= 0.3 is 0 Å². The fraction of sp³-hybridized carbons (Fsp3) is 0.556. The van der Waals surface area contributed by atoms with Crippen molar-refractivity contribution >= 4 is 23.2 Å². The van der Waals surface area contributed by atoms with Crippen LogP contribution in [0.5, 0.6) is 0 Å². The van der Waals surface area contributed by atoms with Gasteiger partial charge in [-0.2, -0.15) is 0 Å². The molecule has 1 unspecified atom stereocenters. The fourth-order valence-corrected chi connectivity index (χ4v) is 3.43. The van der Waals surface area contributed by atoms with Crippen LogP contribution in [0.1, 0.15) is 38.5 Å². The molecule has 1 aliphatic carbocycles. The van der Waals surface area contributed by atoms with Crippen molar-refractivity contribution in [3.05, 3.63) is 24.0 Å². The average molecular weight is 369 g/mol. The standard InChI is InChI=1S/C18H22F3N3O2/c19-13-7-6-12(23-17(26)15-9-18(20,21)10-22-15)8-14(13)24-16(25)11-4-2-1-3-5-11/h6-8,11,15,22H,1-5,9-10H2,(H,23,26)(H,24,25). The average Bonchev–Trinajstić information content (AvgIpc) is 2.98. The van der Waals surface area contributed by atoms with Crippen molar-refractivity contribution in [2.75, 3.05) is 17.2 Å². The fourth-order valence-electron chi connectivity index (χ4n) is 3.43. The third-order valence-electron chi connectivity index (χ3n) is 4.89. The van der Waals surface area contributed by atoms with Crippen LogP contribution in [-0.2, 0) is 9.59 Å². The minimum Gasteiger partial charge on any atom is -0.325 e. The highest BCUT2D eigenvalue weighted by molar-refractivity contribution is 5.97. The largest absolute Gasteiger partial charge is 0.325 e. The van der Waals surface area contributed by atoms with Gasteiger partial charge in [-0.15, -0.1) is 0 Å². The van der Waals surface area contributed by atoms with E-state index in [1.807, 2.05) is 0 Å². The highest BCUT2D eigenvalue weighted by Gasteiger charge is 2.42. The van der Waals surface area contributed by atoms with E-state index in [1.54, 1.807) is 0 Å². The Morgan fingerprint density at radius 1 is 1.08 bits per heavy atom. The van der Waals surface area contributed by atoms with Gasteiger partial charge in [0.25, 0.3) is 5.92 Å². The summed E-state index contributed by atoms with van der Waals surface area (Å²) in [7, 11) is 0. The summed E-state index contributed by atoms with van der Waals surface area (Å²) in [6.07, 6.45) is 4.06. The second-order valence-corrected chi connectivity index (χ2v) is 7.00. The van der Waals surface area contributed by atoms with Crippen LogP contribution in [-0.4, -0.2) is 30.3 Å². The van der Waals surface area contributed by atoms with Crippen LogP contribution in [0, 0.1) is 11.7 Å². The maximum atomic E-state index is 14.0. The first-order chi connectivity index (χ1) is 12.3. The summed E-state index contributed by atoms with van der Waals surface area (Å²) in [5.74, 6) is -4.50. The Morgan fingerprint density at radius 2 is 1.81 bits per heavy atom. The predicted molar refractivity (Wildman–Crippen MR) is 91.6 cm³/mol. The lowest BCUT2D eigenvalue weighted by molar-refractivity contribution is -0.120. The zero-order valence-corrected chi connectivity index (χ0v) is 14.3. The molecule has 2 amide bonds. The molecule has 3 rings (SSSR count). The molecule has 1 atom stereocenters. The van der Waals surface area contributed by atoms with E-state index < -0.39 is 36.7 Å². The van der Waals surface area contributed by atoms with E-state index in [0.29, 0.717) is 0 Å². The van der Waals surface area contributed by atoms with Gasteiger partial charge < -0.3 is 10.6 Å². The number of hydrogen-bond acceptors (Lipinski definition) is 3. The van der Waals surface area contributed by atoms with Gasteiger partial charge in [-0.25, -0.2) is 13.2 Å². The molecule has 26 heavy (non-hydrogen) atoms. The molecule has 1 saturated heterocycles.